The summed E-state index contributed by atoms with van der Waals surface area (Å²) >= 11 is 1.53. The molecule has 12 heteroatoms. The van der Waals surface area contributed by atoms with Gasteiger partial charge in [0.1, 0.15) is 17.8 Å². The highest BCUT2D eigenvalue weighted by Gasteiger charge is 2.40. The Hall–Kier alpha value is -4.06. The van der Waals surface area contributed by atoms with Crippen LogP contribution in [0.2, 0.25) is 0 Å². The molecule has 0 unspecified atom stereocenters. The van der Waals surface area contributed by atoms with Crippen molar-refractivity contribution < 1.29 is 19.2 Å². The second-order valence-electron chi connectivity index (χ2n) is 10.1. The molecule has 0 aliphatic carbocycles. The van der Waals surface area contributed by atoms with Crippen LogP contribution in [0.5, 0.6) is 0 Å². The van der Waals surface area contributed by atoms with Crippen molar-refractivity contribution in [3.05, 3.63) is 69.7 Å². The SMILES string of the molecule is CCc1cc(C(=O)N2CCN3C(=O)[C@H](Cc4ccccc4)NC(=O)CCCn4cc(nn4)CNC(=O)[C@H]3C2)cs1. The zero-order chi connectivity index (χ0) is 28.1. The van der Waals surface area contributed by atoms with E-state index >= 15 is 0 Å². The highest BCUT2D eigenvalue weighted by atomic mass is 32.1. The summed E-state index contributed by atoms with van der Waals surface area (Å²) in [6.07, 6.45) is 3.61. The molecular weight excluding hydrogens is 530 g/mol. The number of amides is 4. The number of fused-ring (bicyclic) bond motifs is 3. The average Bonchev–Trinajstić information content (AvgIpc) is 3.64. The van der Waals surface area contributed by atoms with E-state index < -0.39 is 12.1 Å². The zero-order valence-electron chi connectivity index (χ0n) is 22.4. The van der Waals surface area contributed by atoms with Gasteiger partial charge in [0.25, 0.3) is 5.91 Å². The molecule has 11 nitrogen and oxygen atoms in total. The molecule has 2 aliphatic heterocycles. The van der Waals surface area contributed by atoms with Crippen molar-refractivity contribution in [2.75, 3.05) is 19.6 Å². The first-order chi connectivity index (χ1) is 19.4. The molecule has 0 radical (unpaired) electrons. The van der Waals surface area contributed by atoms with Gasteiger partial charge in [-0.25, -0.2) is 0 Å². The topological polar surface area (TPSA) is 130 Å². The Bertz CT molecular complexity index is 1370. The lowest BCUT2D eigenvalue weighted by Crippen LogP contribution is -2.64. The Kier molecular flexibility index (Phi) is 8.54. The molecule has 1 aromatic carbocycles. The molecule has 2 atom stereocenters. The van der Waals surface area contributed by atoms with Gasteiger partial charge in [0.2, 0.25) is 17.7 Å². The van der Waals surface area contributed by atoms with Crippen molar-refractivity contribution in [3.8, 4) is 0 Å². The van der Waals surface area contributed by atoms with Crippen molar-refractivity contribution in [3.63, 3.8) is 0 Å². The van der Waals surface area contributed by atoms with E-state index in [4.69, 9.17) is 0 Å². The maximum Gasteiger partial charge on any atom is 0.254 e. The number of rotatable bonds is 4. The van der Waals surface area contributed by atoms with E-state index in [1.165, 1.54) is 16.2 Å². The van der Waals surface area contributed by atoms with Gasteiger partial charge in [-0.3, -0.25) is 23.9 Å². The maximum absolute atomic E-state index is 14.0. The summed E-state index contributed by atoms with van der Waals surface area (Å²) in [6, 6.07) is 9.58. The highest BCUT2D eigenvalue weighted by Crippen LogP contribution is 2.21. The molecule has 2 aromatic heterocycles. The van der Waals surface area contributed by atoms with Crippen LogP contribution in [0.1, 0.15) is 46.3 Å². The van der Waals surface area contributed by atoms with Gasteiger partial charge in [0, 0.05) is 42.7 Å². The van der Waals surface area contributed by atoms with Crippen molar-refractivity contribution in [1.82, 2.24) is 35.4 Å². The fourth-order valence-corrected chi connectivity index (χ4v) is 5.87. The van der Waals surface area contributed by atoms with Crippen LogP contribution < -0.4 is 10.6 Å². The minimum absolute atomic E-state index is 0.0480. The number of carbonyl (C=O) groups is 4. The Balaban J connectivity index is 1.43. The number of aryl methyl sites for hydroxylation is 2. The van der Waals surface area contributed by atoms with E-state index in [1.54, 1.807) is 15.8 Å². The number of thiophene rings is 1. The molecule has 210 valence electrons. The molecule has 2 aliphatic rings. The van der Waals surface area contributed by atoms with Crippen molar-refractivity contribution in [2.45, 2.75) is 57.8 Å². The first kappa shape index (κ1) is 27.5. The number of hydrogen-bond donors (Lipinski definition) is 2. The predicted octanol–water partition coefficient (Wildman–Crippen LogP) is 1.39. The van der Waals surface area contributed by atoms with Crippen LogP contribution in [0.4, 0.5) is 0 Å². The molecule has 2 bridgehead atoms. The molecule has 40 heavy (non-hydrogen) atoms. The first-order valence-corrected chi connectivity index (χ1v) is 14.5. The number of aromatic nitrogens is 3. The number of nitrogens with zero attached hydrogens (tertiary/aromatic N) is 5. The number of carbonyl (C=O) groups excluding carboxylic acids is 4. The smallest absolute Gasteiger partial charge is 0.254 e. The summed E-state index contributed by atoms with van der Waals surface area (Å²) < 4.78 is 1.64. The second-order valence-corrected chi connectivity index (χ2v) is 11.1. The van der Waals surface area contributed by atoms with Crippen LogP contribution in [0.15, 0.2) is 48.0 Å². The number of nitrogens with one attached hydrogen (secondary N) is 2. The number of benzene rings is 1. The van der Waals surface area contributed by atoms with E-state index in [0.717, 1.165) is 16.9 Å². The molecule has 0 saturated carbocycles. The van der Waals surface area contributed by atoms with Gasteiger partial charge in [-0.05, 0) is 24.5 Å². The first-order valence-electron chi connectivity index (χ1n) is 13.6. The lowest BCUT2D eigenvalue weighted by molar-refractivity contribution is -0.146. The van der Waals surface area contributed by atoms with E-state index in [9.17, 15) is 19.2 Å². The lowest BCUT2D eigenvalue weighted by atomic mass is 10.0. The third kappa shape index (κ3) is 6.39. The number of piperazine rings is 1. The molecular formula is C28H33N7O4S. The monoisotopic (exact) mass is 563 g/mol. The van der Waals surface area contributed by atoms with Crippen LogP contribution in [0.3, 0.4) is 0 Å². The summed E-state index contributed by atoms with van der Waals surface area (Å²) in [5.74, 6) is -1.14. The standard InChI is InChI=1S/C28H33N7O4S/c1-2-22-14-20(18-40-22)27(38)33-11-12-35-24(17-33)26(37)29-15-21-16-34(32-31-21)10-6-9-25(36)30-23(28(35)39)13-19-7-4-3-5-8-19/h3-5,7-8,14,16,18,23-24H,2,6,9-13,15,17H2,1H3,(H,29,37)(H,30,36)/t23-,24+/m0/s1. The molecule has 3 aromatic rings. The van der Waals surface area contributed by atoms with Gasteiger partial charge in [0.15, 0.2) is 0 Å². The van der Waals surface area contributed by atoms with Gasteiger partial charge in [-0.2, -0.15) is 0 Å². The zero-order valence-corrected chi connectivity index (χ0v) is 23.2. The fourth-order valence-electron chi connectivity index (χ4n) is 5.06. The molecule has 1 fully saturated rings. The summed E-state index contributed by atoms with van der Waals surface area (Å²) in [5, 5.41) is 15.8. The summed E-state index contributed by atoms with van der Waals surface area (Å²) in [4.78, 5) is 58.1. The van der Waals surface area contributed by atoms with Gasteiger partial charge < -0.3 is 20.4 Å². The second kappa shape index (κ2) is 12.4. The quantitative estimate of drug-likeness (QED) is 0.494. The third-order valence-corrected chi connectivity index (χ3v) is 8.32. The van der Waals surface area contributed by atoms with E-state index in [2.05, 4.69) is 20.9 Å². The minimum atomic E-state index is -0.926. The summed E-state index contributed by atoms with van der Waals surface area (Å²) in [7, 11) is 0. The van der Waals surface area contributed by atoms with Gasteiger partial charge in [0.05, 0.1) is 24.8 Å². The normalized spacial score (nSPS) is 20.7. The largest absolute Gasteiger partial charge is 0.348 e. The molecule has 2 N–H and O–H groups in total. The van der Waals surface area contributed by atoms with Crippen molar-refractivity contribution in [1.29, 1.82) is 0 Å². The van der Waals surface area contributed by atoms with Crippen molar-refractivity contribution in [2.24, 2.45) is 0 Å². The third-order valence-electron chi connectivity index (χ3n) is 7.24. The van der Waals surface area contributed by atoms with Gasteiger partial charge in [-0.1, -0.05) is 42.5 Å². The molecule has 1 saturated heterocycles. The van der Waals surface area contributed by atoms with Gasteiger partial charge in [-0.15, -0.1) is 16.4 Å². The van der Waals surface area contributed by atoms with Gasteiger partial charge >= 0.3 is 0 Å². The Labute approximate surface area is 236 Å². The summed E-state index contributed by atoms with van der Waals surface area (Å²) in [5.41, 5.74) is 2.06. The molecule has 5 rings (SSSR count). The Morgan fingerprint density at radius 3 is 2.73 bits per heavy atom. The van der Waals surface area contributed by atoms with Crippen LogP contribution >= 0.6 is 11.3 Å². The summed E-state index contributed by atoms with van der Waals surface area (Å²) in [6.45, 7) is 3.17. The molecule has 4 heterocycles. The van der Waals surface area contributed by atoms with Crippen molar-refractivity contribution >= 4 is 35.0 Å². The van der Waals surface area contributed by atoms with Crippen LogP contribution in [0, 0.1) is 0 Å². The maximum atomic E-state index is 14.0. The van der Waals surface area contributed by atoms with Crippen LogP contribution in [-0.4, -0.2) is 80.1 Å². The molecule has 0 spiro atoms. The Morgan fingerprint density at radius 1 is 1.12 bits per heavy atom. The van der Waals surface area contributed by atoms with E-state index in [0.29, 0.717) is 30.6 Å². The predicted molar refractivity (Wildman–Crippen MR) is 148 cm³/mol. The number of hydrogen-bond acceptors (Lipinski definition) is 7. The fraction of sp³-hybridized carbons (Fsp3) is 0.429. The molecule has 4 amide bonds. The van der Waals surface area contributed by atoms with E-state index in [-0.39, 0.29) is 56.2 Å². The van der Waals surface area contributed by atoms with E-state index in [1.807, 2.05) is 48.7 Å². The highest BCUT2D eigenvalue weighted by molar-refractivity contribution is 7.10. The minimum Gasteiger partial charge on any atom is -0.348 e. The van der Waals surface area contributed by atoms with Crippen LogP contribution in [-0.2, 0) is 40.3 Å². The Morgan fingerprint density at radius 2 is 1.95 bits per heavy atom. The lowest BCUT2D eigenvalue weighted by Gasteiger charge is -2.41. The average molecular weight is 564 g/mol. The van der Waals surface area contributed by atoms with Crippen LogP contribution in [0.25, 0.3) is 0 Å².